The van der Waals surface area contributed by atoms with Crippen LogP contribution in [-0.4, -0.2) is 66.5 Å². The Bertz CT molecular complexity index is 499. The van der Waals surface area contributed by atoms with E-state index in [0.717, 1.165) is 25.7 Å². The third-order valence-corrected chi connectivity index (χ3v) is 5.15. The van der Waals surface area contributed by atoms with Gasteiger partial charge in [-0.05, 0) is 32.1 Å². The highest BCUT2D eigenvalue weighted by molar-refractivity contribution is 5.71. The topological polar surface area (TPSA) is 83.8 Å². The quantitative estimate of drug-likeness (QED) is 0.119. The Balaban J connectivity index is 3.81. The van der Waals surface area contributed by atoms with E-state index in [1.165, 1.54) is 44.9 Å². The zero-order valence-electron chi connectivity index (χ0n) is 20.5. The third kappa shape index (κ3) is 21.6. The second-order valence-corrected chi connectivity index (χ2v) is 9.71. The first-order valence-corrected chi connectivity index (χ1v) is 12.2. The zero-order chi connectivity index (χ0) is 23.5. The summed E-state index contributed by atoms with van der Waals surface area (Å²) in [5, 5.41) is 19.1. The Morgan fingerprint density at radius 1 is 0.871 bits per heavy atom. The molecule has 1 unspecified atom stereocenters. The summed E-state index contributed by atoms with van der Waals surface area (Å²) >= 11 is 0. The Morgan fingerprint density at radius 2 is 1.42 bits per heavy atom. The number of ether oxygens (including phenoxy) is 1. The van der Waals surface area contributed by atoms with Gasteiger partial charge in [0, 0.05) is 0 Å². The Hall–Kier alpha value is -1.40. The lowest BCUT2D eigenvalue weighted by Gasteiger charge is -2.28. The van der Waals surface area contributed by atoms with E-state index in [1.54, 1.807) is 0 Å². The van der Waals surface area contributed by atoms with Crippen LogP contribution in [0.2, 0.25) is 0 Å². The summed E-state index contributed by atoms with van der Waals surface area (Å²) in [6.07, 6.45) is 16.6. The van der Waals surface area contributed by atoms with E-state index < -0.39 is 24.1 Å². The van der Waals surface area contributed by atoms with Crippen molar-refractivity contribution in [3.05, 3.63) is 12.2 Å². The number of esters is 1. The SMILES string of the molecule is CCCCCC/C=C\CCCCCCCC(O)CC(=O)O[C@H](CC(=O)O)C[N+](C)(C)C. The van der Waals surface area contributed by atoms with Crippen molar-refractivity contribution in [2.75, 3.05) is 27.7 Å². The molecule has 0 saturated heterocycles. The Kier molecular flexibility index (Phi) is 17.4. The minimum absolute atomic E-state index is 0.0731. The van der Waals surface area contributed by atoms with Crippen molar-refractivity contribution < 1.29 is 29.0 Å². The number of carbonyl (C=O) groups excluding carboxylic acids is 1. The number of likely N-dealkylation sites (N-methyl/N-ethyl adjacent to an activating group) is 1. The fraction of sp³-hybridized carbons (Fsp3) is 0.840. The third-order valence-electron chi connectivity index (χ3n) is 5.15. The van der Waals surface area contributed by atoms with Gasteiger partial charge in [0.05, 0.1) is 40.1 Å². The average molecular weight is 443 g/mol. The molecule has 2 atom stereocenters. The predicted octanol–water partition coefficient (Wildman–Crippen LogP) is 5.09. The molecule has 0 aromatic rings. The van der Waals surface area contributed by atoms with Crippen molar-refractivity contribution >= 4 is 11.9 Å². The van der Waals surface area contributed by atoms with Gasteiger partial charge in [0.1, 0.15) is 6.54 Å². The molecular formula is C25H48NO5+. The van der Waals surface area contributed by atoms with Crippen LogP contribution in [-0.2, 0) is 14.3 Å². The molecule has 6 nitrogen and oxygen atoms in total. The van der Waals surface area contributed by atoms with Crippen LogP contribution >= 0.6 is 0 Å². The fourth-order valence-corrected chi connectivity index (χ4v) is 3.57. The van der Waals surface area contributed by atoms with Crippen molar-refractivity contribution in [1.29, 1.82) is 0 Å². The zero-order valence-corrected chi connectivity index (χ0v) is 20.5. The molecule has 0 aliphatic heterocycles. The normalized spacial score (nSPS) is 14.0. The van der Waals surface area contributed by atoms with Crippen LogP contribution < -0.4 is 0 Å². The van der Waals surface area contributed by atoms with Crippen molar-refractivity contribution in [3.8, 4) is 0 Å². The van der Waals surface area contributed by atoms with Gasteiger partial charge in [-0.25, -0.2) is 0 Å². The van der Waals surface area contributed by atoms with Crippen molar-refractivity contribution in [1.82, 2.24) is 0 Å². The van der Waals surface area contributed by atoms with Gasteiger partial charge in [-0.15, -0.1) is 0 Å². The largest absolute Gasteiger partial charge is 0.481 e. The lowest BCUT2D eigenvalue weighted by molar-refractivity contribution is -0.873. The second-order valence-electron chi connectivity index (χ2n) is 9.71. The van der Waals surface area contributed by atoms with Crippen LogP contribution in [0.4, 0.5) is 0 Å². The molecular weight excluding hydrogens is 394 g/mol. The first-order valence-electron chi connectivity index (χ1n) is 12.2. The van der Waals surface area contributed by atoms with Crippen LogP contribution in [0.3, 0.4) is 0 Å². The maximum Gasteiger partial charge on any atom is 0.308 e. The van der Waals surface area contributed by atoms with Gasteiger partial charge in [-0.1, -0.05) is 64.0 Å². The molecule has 0 aromatic carbocycles. The van der Waals surface area contributed by atoms with E-state index in [0.29, 0.717) is 17.4 Å². The smallest absolute Gasteiger partial charge is 0.308 e. The van der Waals surface area contributed by atoms with Gasteiger partial charge in [-0.2, -0.15) is 0 Å². The molecule has 0 aliphatic carbocycles. The minimum Gasteiger partial charge on any atom is -0.481 e. The van der Waals surface area contributed by atoms with E-state index in [-0.39, 0.29) is 12.8 Å². The van der Waals surface area contributed by atoms with Gasteiger partial charge in [0.25, 0.3) is 0 Å². The van der Waals surface area contributed by atoms with E-state index in [2.05, 4.69) is 19.1 Å². The van der Waals surface area contributed by atoms with Gasteiger partial charge in [0.2, 0.25) is 0 Å². The average Bonchev–Trinajstić information content (AvgIpc) is 2.63. The lowest BCUT2D eigenvalue weighted by atomic mass is 10.0. The van der Waals surface area contributed by atoms with Gasteiger partial charge in [-0.3, -0.25) is 9.59 Å². The summed E-state index contributed by atoms with van der Waals surface area (Å²) < 4.78 is 5.83. The monoisotopic (exact) mass is 442 g/mol. The number of carbonyl (C=O) groups is 2. The van der Waals surface area contributed by atoms with Crippen molar-refractivity contribution in [2.45, 2.75) is 109 Å². The number of quaternary nitrogens is 1. The van der Waals surface area contributed by atoms with Gasteiger partial charge < -0.3 is 19.4 Å². The minimum atomic E-state index is -0.991. The van der Waals surface area contributed by atoms with Crippen LogP contribution in [0.25, 0.3) is 0 Å². The molecule has 0 rings (SSSR count). The summed E-state index contributed by atoms with van der Waals surface area (Å²) in [5.74, 6) is -1.51. The van der Waals surface area contributed by atoms with Crippen LogP contribution in [0, 0.1) is 0 Å². The van der Waals surface area contributed by atoms with E-state index in [1.807, 2.05) is 21.1 Å². The number of hydrogen-bond donors (Lipinski definition) is 2. The number of aliphatic hydroxyl groups is 1. The second kappa shape index (κ2) is 18.2. The number of aliphatic hydroxyl groups excluding tert-OH is 1. The number of aliphatic carboxylic acids is 1. The Morgan fingerprint density at radius 3 is 1.97 bits per heavy atom. The van der Waals surface area contributed by atoms with Crippen LogP contribution in [0.15, 0.2) is 12.2 Å². The first-order chi connectivity index (χ1) is 14.6. The number of allylic oxidation sites excluding steroid dienone is 2. The maximum absolute atomic E-state index is 12.1. The maximum atomic E-state index is 12.1. The molecule has 182 valence electrons. The molecule has 0 heterocycles. The summed E-state index contributed by atoms with van der Waals surface area (Å²) in [6.45, 7) is 2.65. The highest BCUT2D eigenvalue weighted by Crippen LogP contribution is 2.13. The molecule has 2 N–H and O–H groups in total. The fourth-order valence-electron chi connectivity index (χ4n) is 3.57. The highest BCUT2D eigenvalue weighted by atomic mass is 16.5. The number of carboxylic acids is 1. The van der Waals surface area contributed by atoms with E-state index in [9.17, 15) is 14.7 Å². The summed E-state index contributed by atoms with van der Waals surface area (Å²) in [6, 6.07) is 0. The number of carboxylic acid groups (broad SMARTS) is 1. The van der Waals surface area contributed by atoms with Gasteiger partial charge in [0.15, 0.2) is 6.10 Å². The van der Waals surface area contributed by atoms with Gasteiger partial charge >= 0.3 is 11.9 Å². The number of rotatable bonds is 20. The van der Waals surface area contributed by atoms with Crippen LogP contribution in [0.5, 0.6) is 0 Å². The first kappa shape index (κ1) is 29.6. The predicted molar refractivity (Wildman–Crippen MR) is 126 cm³/mol. The van der Waals surface area contributed by atoms with E-state index in [4.69, 9.17) is 9.84 Å². The lowest BCUT2D eigenvalue weighted by Crippen LogP contribution is -2.44. The standard InChI is InChI=1S/C25H47NO5/c1-5-6-7-8-9-10-11-12-13-14-15-16-17-18-22(27)19-25(30)31-23(20-24(28)29)21-26(2,3)4/h10-11,22-23,27H,5-9,12-21H2,1-4H3/p+1/b11-10-/t22?,23-/m1/s1. The molecule has 0 amide bonds. The molecule has 0 spiro atoms. The summed E-state index contributed by atoms with van der Waals surface area (Å²) in [7, 11) is 5.76. The highest BCUT2D eigenvalue weighted by Gasteiger charge is 2.25. The van der Waals surface area contributed by atoms with Crippen LogP contribution in [0.1, 0.15) is 96.8 Å². The number of unbranched alkanes of at least 4 members (excludes halogenated alkanes) is 9. The molecule has 6 heteroatoms. The molecule has 0 aromatic heterocycles. The summed E-state index contributed by atoms with van der Waals surface area (Å²) in [5.41, 5.74) is 0. The molecule has 0 fully saturated rings. The molecule has 0 aliphatic rings. The Labute approximate surface area is 190 Å². The van der Waals surface area contributed by atoms with Crippen molar-refractivity contribution in [2.24, 2.45) is 0 Å². The molecule has 0 saturated carbocycles. The molecule has 31 heavy (non-hydrogen) atoms. The molecule has 0 bridgehead atoms. The number of nitrogens with zero attached hydrogens (tertiary/aromatic N) is 1. The molecule has 0 radical (unpaired) electrons. The summed E-state index contributed by atoms with van der Waals surface area (Å²) in [4.78, 5) is 23.1. The van der Waals surface area contributed by atoms with Crippen molar-refractivity contribution in [3.63, 3.8) is 0 Å². The van der Waals surface area contributed by atoms with E-state index >= 15 is 0 Å². The number of hydrogen-bond acceptors (Lipinski definition) is 4.